The van der Waals surface area contributed by atoms with Crippen molar-refractivity contribution >= 4 is 11.6 Å². The molecule has 2 aromatic heterocycles. The highest BCUT2D eigenvalue weighted by atomic mass is 16.1. The molecule has 8 nitrogen and oxygen atoms in total. The highest BCUT2D eigenvalue weighted by molar-refractivity contribution is 6.18. The number of hydrazone groups is 1. The predicted octanol–water partition coefficient (Wildman–Crippen LogP) is 0.814. The van der Waals surface area contributed by atoms with Crippen LogP contribution in [-0.4, -0.2) is 32.9 Å². The van der Waals surface area contributed by atoms with E-state index in [-0.39, 0.29) is 12.1 Å². The number of H-pyrrole nitrogens is 1. The molecule has 2 atom stereocenters. The highest BCUT2D eigenvalue weighted by Crippen LogP contribution is 2.46. The van der Waals surface area contributed by atoms with Crippen molar-refractivity contribution in [1.29, 1.82) is 0 Å². The zero-order chi connectivity index (χ0) is 19.8. The largest absolute Gasteiger partial charge is 0.369 e. The first-order valence-electron chi connectivity index (χ1n) is 8.86. The number of carbonyl (C=O) groups is 1. The molecular formula is C20H20N6O2. The molecule has 3 aromatic rings. The van der Waals surface area contributed by atoms with E-state index in [0.29, 0.717) is 11.4 Å². The first kappa shape index (κ1) is 17.7. The maximum Gasteiger partial charge on any atom is 0.251 e. The van der Waals surface area contributed by atoms with Gasteiger partial charge >= 0.3 is 0 Å². The lowest BCUT2D eigenvalue weighted by Gasteiger charge is -2.45. The van der Waals surface area contributed by atoms with Gasteiger partial charge < -0.3 is 15.7 Å². The first-order chi connectivity index (χ1) is 13.5. The van der Waals surface area contributed by atoms with Crippen molar-refractivity contribution in [2.24, 2.45) is 16.3 Å². The van der Waals surface area contributed by atoms with E-state index in [2.05, 4.69) is 20.7 Å². The third-order valence-electron chi connectivity index (χ3n) is 5.59. The third-order valence-corrected chi connectivity index (χ3v) is 5.59. The average Bonchev–Trinajstić information content (AvgIpc) is 3.38. The van der Waals surface area contributed by atoms with E-state index in [1.807, 2.05) is 37.3 Å². The van der Waals surface area contributed by atoms with Crippen molar-refractivity contribution in [3.05, 3.63) is 88.6 Å². The predicted molar refractivity (Wildman–Crippen MR) is 105 cm³/mol. The number of primary amides is 1. The highest BCUT2D eigenvalue weighted by Gasteiger charge is 2.61. The minimum atomic E-state index is -1.34. The van der Waals surface area contributed by atoms with E-state index in [0.717, 1.165) is 5.56 Å². The second-order valence-corrected chi connectivity index (χ2v) is 6.88. The fourth-order valence-corrected chi connectivity index (χ4v) is 4.09. The Morgan fingerprint density at radius 3 is 2.57 bits per heavy atom. The number of aromatic amines is 1. The van der Waals surface area contributed by atoms with Crippen LogP contribution in [0.4, 0.5) is 0 Å². The Labute approximate surface area is 161 Å². The molecule has 0 radical (unpaired) electrons. The number of nitrogens with one attached hydrogen (secondary N) is 2. The van der Waals surface area contributed by atoms with Gasteiger partial charge in [-0.3, -0.25) is 14.7 Å². The molecule has 0 aliphatic carbocycles. The number of pyridine rings is 1. The molecule has 3 heterocycles. The van der Waals surface area contributed by atoms with Crippen LogP contribution in [0.1, 0.15) is 18.2 Å². The summed E-state index contributed by atoms with van der Waals surface area (Å²) < 4.78 is 1.55. The summed E-state index contributed by atoms with van der Waals surface area (Å²) in [5, 5.41) is 11.2. The Morgan fingerprint density at radius 1 is 1.18 bits per heavy atom. The summed E-state index contributed by atoms with van der Waals surface area (Å²) in [6.45, 7) is 1.98. The molecule has 4 rings (SSSR count). The molecule has 1 amide bonds. The van der Waals surface area contributed by atoms with Gasteiger partial charge in [0.15, 0.2) is 0 Å². The maximum absolute atomic E-state index is 13.1. The van der Waals surface area contributed by atoms with E-state index < -0.39 is 16.9 Å². The summed E-state index contributed by atoms with van der Waals surface area (Å²) >= 11 is 0. The Hall–Kier alpha value is -3.68. The molecule has 0 saturated heterocycles. The number of nitrogens with two attached hydrogens (primary N) is 1. The van der Waals surface area contributed by atoms with E-state index in [1.165, 1.54) is 6.07 Å². The van der Waals surface area contributed by atoms with Crippen LogP contribution in [0.2, 0.25) is 0 Å². The van der Waals surface area contributed by atoms with Gasteiger partial charge in [0.2, 0.25) is 5.91 Å². The maximum atomic E-state index is 13.1. The summed E-state index contributed by atoms with van der Waals surface area (Å²) in [6, 6.07) is 16.0. The van der Waals surface area contributed by atoms with Crippen LogP contribution in [0.15, 0.2) is 76.9 Å². The number of hydrogen-bond acceptors (Lipinski definition) is 5. The van der Waals surface area contributed by atoms with Crippen LogP contribution in [0.5, 0.6) is 0 Å². The summed E-state index contributed by atoms with van der Waals surface area (Å²) in [5.74, 6) is -0.590. The van der Waals surface area contributed by atoms with Crippen molar-refractivity contribution in [3.63, 3.8) is 0 Å². The normalized spacial score (nSPS) is 20.8. The lowest BCUT2D eigenvalue weighted by molar-refractivity contribution is -0.127. The molecule has 28 heavy (non-hydrogen) atoms. The molecular weight excluding hydrogens is 356 g/mol. The fourth-order valence-electron chi connectivity index (χ4n) is 4.09. The number of aromatic nitrogens is 3. The van der Waals surface area contributed by atoms with Gasteiger partial charge in [-0.05, 0) is 24.6 Å². The zero-order valence-electron chi connectivity index (χ0n) is 15.3. The van der Waals surface area contributed by atoms with Gasteiger partial charge in [-0.1, -0.05) is 36.4 Å². The number of rotatable bonds is 5. The topological polar surface area (TPSA) is 118 Å². The molecule has 0 fully saturated rings. The van der Waals surface area contributed by atoms with Crippen molar-refractivity contribution in [3.8, 4) is 0 Å². The standard InChI is InChI=1S/C20H20N6O2/c1-19(14-7-3-2-4-8-14,26-12-6-5-9-16(26)27)20(18(21)28)13-23-25-17(20)15-10-11-22-24-15/h2-12,23H,13H2,1H3,(H2,21,28)(H,22,24). The minimum absolute atomic E-state index is 0.142. The number of amides is 1. The first-order valence-corrected chi connectivity index (χ1v) is 8.86. The fraction of sp³-hybridized carbons (Fsp3) is 0.200. The SMILES string of the molecule is CC(c1ccccc1)(n1ccccc1=O)C1(C(N)=O)CNN=C1c1ccn[nH]1. The van der Waals surface area contributed by atoms with Crippen LogP contribution in [-0.2, 0) is 10.3 Å². The van der Waals surface area contributed by atoms with Gasteiger partial charge in [-0.2, -0.15) is 10.2 Å². The molecule has 0 saturated carbocycles. The molecule has 0 bridgehead atoms. The summed E-state index contributed by atoms with van der Waals surface area (Å²) in [4.78, 5) is 26.0. The van der Waals surface area contributed by atoms with Gasteiger partial charge in [0.1, 0.15) is 11.1 Å². The Kier molecular flexibility index (Phi) is 4.11. The molecule has 1 aromatic carbocycles. The summed E-state index contributed by atoms with van der Waals surface area (Å²) in [7, 11) is 0. The molecule has 1 aliphatic heterocycles. The second kappa shape index (κ2) is 6.49. The third kappa shape index (κ3) is 2.31. The summed E-state index contributed by atoms with van der Waals surface area (Å²) in [5.41, 5.74) is 7.96. The van der Waals surface area contributed by atoms with Gasteiger partial charge in [-0.15, -0.1) is 0 Å². The number of carbonyl (C=O) groups excluding carboxylic acids is 1. The Morgan fingerprint density at radius 2 is 1.93 bits per heavy atom. The monoisotopic (exact) mass is 376 g/mol. The quantitative estimate of drug-likeness (QED) is 0.611. The van der Waals surface area contributed by atoms with Crippen LogP contribution >= 0.6 is 0 Å². The van der Waals surface area contributed by atoms with Gasteiger partial charge in [0.05, 0.1) is 17.8 Å². The van der Waals surface area contributed by atoms with Gasteiger partial charge in [0.25, 0.3) is 5.56 Å². The molecule has 8 heteroatoms. The van der Waals surface area contributed by atoms with E-state index in [9.17, 15) is 9.59 Å². The molecule has 142 valence electrons. The van der Waals surface area contributed by atoms with E-state index in [4.69, 9.17) is 5.73 Å². The number of hydrogen-bond donors (Lipinski definition) is 3. The van der Waals surface area contributed by atoms with Crippen LogP contribution in [0.25, 0.3) is 0 Å². The smallest absolute Gasteiger partial charge is 0.251 e. The van der Waals surface area contributed by atoms with E-state index in [1.54, 1.807) is 35.2 Å². The van der Waals surface area contributed by atoms with Crippen LogP contribution in [0, 0.1) is 5.41 Å². The Bertz CT molecular complexity index is 1090. The lowest BCUT2D eigenvalue weighted by atomic mass is 9.62. The Balaban J connectivity index is 2.08. The minimum Gasteiger partial charge on any atom is -0.369 e. The summed E-state index contributed by atoms with van der Waals surface area (Å²) in [6.07, 6.45) is 3.25. The average molecular weight is 376 g/mol. The van der Waals surface area contributed by atoms with Gasteiger partial charge in [-0.25, -0.2) is 0 Å². The van der Waals surface area contributed by atoms with Crippen molar-refractivity contribution in [2.75, 3.05) is 6.54 Å². The van der Waals surface area contributed by atoms with Gasteiger partial charge in [0, 0.05) is 18.5 Å². The lowest BCUT2D eigenvalue weighted by Crippen LogP contribution is -2.63. The molecule has 2 unspecified atom stereocenters. The number of benzene rings is 1. The van der Waals surface area contributed by atoms with Crippen LogP contribution in [0.3, 0.4) is 0 Å². The zero-order valence-corrected chi connectivity index (χ0v) is 15.3. The van der Waals surface area contributed by atoms with Crippen molar-refractivity contribution in [2.45, 2.75) is 12.5 Å². The van der Waals surface area contributed by atoms with Crippen molar-refractivity contribution < 1.29 is 4.79 Å². The van der Waals surface area contributed by atoms with Crippen LogP contribution < -0.4 is 16.7 Å². The number of nitrogens with zero attached hydrogens (tertiary/aromatic N) is 3. The molecule has 0 spiro atoms. The second-order valence-electron chi connectivity index (χ2n) is 6.88. The van der Waals surface area contributed by atoms with Crippen molar-refractivity contribution in [1.82, 2.24) is 20.2 Å². The van der Waals surface area contributed by atoms with E-state index >= 15 is 0 Å². The molecule has 4 N–H and O–H groups in total. The molecule has 1 aliphatic rings.